The van der Waals surface area contributed by atoms with Crippen LogP contribution in [-0.2, 0) is 5.41 Å². The average molecular weight is 816 g/mol. The molecule has 9 aromatic carbocycles. The molecule has 3 nitrogen and oxygen atoms in total. The van der Waals surface area contributed by atoms with Gasteiger partial charge in [-0.2, -0.15) is 0 Å². The van der Waals surface area contributed by atoms with Crippen molar-refractivity contribution in [3.8, 4) is 78.4 Å². The first kappa shape index (κ1) is 36.5. The largest absolute Gasteiger partial charge is 0.307 e. The minimum Gasteiger partial charge on any atom is -0.307 e. The third-order valence-electron chi connectivity index (χ3n) is 13.8. The number of hydrogen-bond acceptors (Lipinski definition) is 2. The number of benzene rings is 9. The Kier molecular flexibility index (Phi) is 7.95. The van der Waals surface area contributed by atoms with Gasteiger partial charge in [0, 0.05) is 49.2 Å². The molecule has 0 aliphatic heterocycles. The molecule has 0 saturated carbocycles. The van der Waals surface area contributed by atoms with Crippen LogP contribution in [0.5, 0.6) is 0 Å². The van der Waals surface area contributed by atoms with E-state index in [1.54, 1.807) is 0 Å². The summed E-state index contributed by atoms with van der Waals surface area (Å²) in [5, 5.41) is 5.15. The normalized spacial score (nSPS) is 13.0. The summed E-state index contributed by atoms with van der Waals surface area (Å²) in [5.41, 5.74) is 21.0. The summed E-state index contributed by atoms with van der Waals surface area (Å²) in [6, 6.07) is 77.1. The second-order valence-corrected chi connectivity index (χ2v) is 17.7. The van der Waals surface area contributed by atoms with Crippen molar-refractivity contribution < 1.29 is 0 Å². The molecule has 3 heteroatoms. The predicted molar refractivity (Wildman–Crippen MR) is 267 cm³/mol. The van der Waals surface area contributed by atoms with Gasteiger partial charge in [-0.1, -0.05) is 196 Å². The molecule has 3 aromatic heterocycles. The summed E-state index contributed by atoms with van der Waals surface area (Å²) in [5.74, 6) is 0.722. The lowest BCUT2D eigenvalue weighted by atomic mass is 9.82. The number of nitrogens with zero attached hydrogens (tertiary/aromatic N) is 3. The molecule has 0 spiro atoms. The van der Waals surface area contributed by atoms with Crippen molar-refractivity contribution in [2.24, 2.45) is 0 Å². The van der Waals surface area contributed by atoms with E-state index in [2.05, 4.69) is 218 Å². The maximum Gasteiger partial charge on any atom is 0.160 e. The van der Waals surface area contributed by atoms with Gasteiger partial charge in [-0.15, -0.1) is 0 Å². The lowest BCUT2D eigenvalue weighted by Gasteiger charge is -2.21. The zero-order valence-corrected chi connectivity index (χ0v) is 35.5. The van der Waals surface area contributed by atoms with Gasteiger partial charge in [0.15, 0.2) is 5.82 Å². The summed E-state index contributed by atoms with van der Waals surface area (Å²) in [6.45, 7) is 4.69. The van der Waals surface area contributed by atoms with Gasteiger partial charge >= 0.3 is 0 Å². The minimum absolute atomic E-state index is 0.156. The van der Waals surface area contributed by atoms with E-state index in [9.17, 15) is 0 Å². The second kappa shape index (κ2) is 13.9. The highest BCUT2D eigenvalue weighted by atomic mass is 14.9. The van der Waals surface area contributed by atoms with Crippen LogP contribution in [0.25, 0.3) is 117 Å². The van der Waals surface area contributed by atoms with E-state index in [-0.39, 0.29) is 5.41 Å². The molecular weight excluding hydrogens is 775 g/mol. The summed E-state index contributed by atoms with van der Waals surface area (Å²) < 4.78 is 2.53. The molecule has 0 bridgehead atoms. The highest BCUT2D eigenvalue weighted by molar-refractivity contribution is 6.27. The SMILES string of the molecule is CC1(C)c2ccc(-c3cccc(-c4cccc5c6cccc7c8c(-c9ccccc9)cccc8n(c45)c67)c3)cc2-c2cc(-c3nc(-c4ccccc4)cc(-c4ccccc4)n3)ccc21. The monoisotopic (exact) mass is 815 g/mol. The van der Waals surface area contributed by atoms with Crippen LogP contribution in [-0.4, -0.2) is 14.4 Å². The molecule has 0 fully saturated rings. The standard InChI is InChI=1S/C61H41N3/c1-61(2)52-32-30-42(35-50(52)51-36-44(31-33-53(51)61)60-62-54(39-18-8-4-9-19-39)37-55(63-60)40-20-10-5-11-21-40)41-22-12-23-43(34-41)46-25-13-26-47-48-27-14-28-49-57-45(38-16-6-3-7-17-38)24-15-29-56(57)64(58(46)47)59(48)49/h3-37H,1-2H3. The summed E-state index contributed by atoms with van der Waals surface area (Å²) in [7, 11) is 0. The second-order valence-electron chi connectivity index (χ2n) is 17.7. The molecule has 0 N–H and O–H groups in total. The van der Waals surface area contributed by atoms with Crippen molar-refractivity contribution in [1.82, 2.24) is 14.4 Å². The smallest absolute Gasteiger partial charge is 0.160 e. The van der Waals surface area contributed by atoms with E-state index in [0.29, 0.717) is 0 Å². The molecule has 1 aliphatic rings. The maximum absolute atomic E-state index is 5.19. The fourth-order valence-corrected chi connectivity index (χ4v) is 10.7. The fourth-order valence-electron chi connectivity index (χ4n) is 10.7. The Morgan fingerprint density at radius 3 is 1.53 bits per heavy atom. The van der Waals surface area contributed by atoms with Crippen molar-refractivity contribution in [3.05, 3.63) is 223 Å². The lowest BCUT2D eigenvalue weighted by Crippen LogP contribution is -2.14. The van der Waals surface area contributed by atoms with Crippen LogP contribution in [0.1, 0.15) is 25.0 Å². The highest BCUT2D eigenvalue weighted by Crippen LogP contribution is 2.51. The van der Waals surface area contributed by atoms with Crippen LogP contribution in [0.3, 0.4) is 0 Å². The predicted octanol–water partition coefficient (Wildman–Crippen LogP) is 15.9. The lowest BCUT2D eigenvalue weighted by molar-refractivity contribution is 0.660. The molecule has 0 saturated heterocycles. The molecule has 13 rings (SSSR count). The Labute approximate surface area is 372 Å². The van der Waals surface area contributed by atoms with Crippen molar-refractivity contribution in [2.75, 3.05) is 0 Å². The van der Waals surface area contributed by atoms with Gasteiger partial charge in [0.25, 0.3) is 0 Å². The van der Waals surface area contributed by atoms with Crippen LogP contribution in [0.4, 0.5) is 0 Å². The Morgan fingerprint density at radius 2 is 0.844 bits per heavy atom. The van der Waals surface area contributed by atoms with E-state index >= 15 is 0 Å². The number of hydrogen-bond donors (Lipinski definition) is 0. The molecule has 1 aliphatic carbocycles. The van der Waals surface area contributed by atoms with E-state index in [1.807, 2.05) is 12.1 Å². The Balaban J connectivity index is 0.943. The first-order valence-electron chi connectivity index (χ1n) is 22.2. The molecule has 64 heavy (non-hydrogen) atoms. The van der Waals surface area contributed by atoms with Crippen LogP contribution in [0.15, 0.2) is 212 Å². The van der Waals surface area contributed by atoms with Gasteiger partial charge in [-0.25, -0.2) is 9.97 Å². The van der Waals surface area contributed by atoms with Crippen molar-refractivity contribution >= 4 is 38.1 Å². The van der Waals surface area contributed by atoms with Gasteiger partial charge in [0.1, 0.15) is 0 Å². The number of aromatic nitrogens is 3. The van der Waals surface area contributed by atoms with Crippen LogP contribution in [0, 0.1) is 0 Å². The van der Waals surface area contributed by atoms with Gasteiger partial charge < -0.3 is 4.40 Å². The quantitative estimate of drug-likeness (QED) is 0.167. The van der Waals surface area contributed by atoms with E-state index in [1.165, 1.54) is 93.7 Å². The van der Waals surface area contributed by atoms with Crippen LogP contribution >= 0.6 is 0 Å². The summed E-state index contributed by atoms with van der Waals surface area (Å²) in [4.78, 5) is 10.4. The molecule has 0 radical (unpaired) electrons. The van der Waals surface area contributed by atoms with Crippen LogP contribution < -0.4 is 0 Å². The molecular formula is C61H41N3. The average Bonchev–Trinajstić information content (AvgIpc) is 3.97. The first-order chi connectivity index (χ1) is 31.5. The highest BCUT2D eigenvalue weighted by Gasteiger charge is 2.36. The van der Waals surface area contributed by atoms with Gasteiger partial charge in [-0.3, -0.25) is 0 Å². The van der Waals surface area contributed by atoms with E-state index in [4.69, 9.17) is 9.97 Å². The summed E-state index contributed by atoms with van der Waals surface area (Å²) in [6.07, 6.45) is 0. The third kappa shape index (κ3) is 5.47. The third-order valence-corrected chi connectivity index (χ3v) is 13.8. The fraction of sp³-hybridized carbons (Fsp3) is 0.0492. The Bertz CT molecular complexity index is 3730. The van der Waals surface area contributed by atoms with Crippen molar-refractivity contribution in [1.29, 1.82) is 0 Å². The number of fused-ring (bicyclic) bond motifs is 9. The van der Waals surface area contributed by atoms with Gasteiger partial charge in [0.05, 0.1) is 27.9 Å². The zero-order valence-electron chi connectivity index (χ0n) is 35.5. The van der Waals surface area contributed by atoms with Crippen molar-refractivity contribution in [2.45, 2.75) is 19.3 Å². The molecule has 0 amide bonds. The van der Waals surface area contributed by atoms with Crippen LogP contribution in [0.2, 0.25) is 0 Å². The molecule has 3 heterocycles. The topological polar surface area (TPSA) is 30.2 Å². The Morgan fingerprint density at radius 1 is 0.344 bits per heavy atom. The first-order valence-corrected chi connectivity index (χ1v) is 22.2. The van der Waals surface area contributed by atoms with Crippen molar-refractivity contribution in [3.63, 3.8) is 0 Å². The molecule has 0 atom stereocenters. The number of para-hydroxylation sites is 2. The van der Waals surface area contributed by atoms with Gasteiger partial charge in [0.2, 0.25) is 0 Å². The maximum atomic E-state index is 5.19. The van der Waals surface area contributed by atoms with E-state index in [0.717, 1.165) is 33.9 Å². The minimum atomic E-state index is -0.156. The molecule has 12 aromatic rings. The molecule has 300 valence electrons. The summed E-state index contributed by atoms with van der Waals surface area (Å²) >= 11 is 0. The molecule has 0 unspecified atom stereocenters. The van der Waals surface area contributed by atoms with E-state index < -0.39 is 0 Å². The zero-order chi connectivity index (χ0) is 42.5. The van der Waals surface area contributed by atoms with Gasteiger partial charge in [-0.05, 0) is 80.4 Å². The Hall–Kier alpha value is -8.14. The number of rotatable bonds is 6.